The number of aliphatic hydroxyl groups excluding tert-OH is 1. The number of methoxy groups -OCH3 is 1. The standard InChI is InChI=1S/C18H28N2O3/c1-14-7-6-9-16(13-21)20(14)12-18(22)19(2)11-15-8-4-5-10-17(15)23-3/h4-5,8,10,14,16,21H,6-7,9,11-13H2,1-3H3. The maximum atomic E-state index is 12.6. The molecule has 1 aromatic rings. The Bertz CT molecular complexity index is 521. The fraction of sp³-hybridized carbons (Fsp3) is 0.611. The van der Waals surface area contributed by atoms with Gasteiger partial charge in [-0.2, -0.15) is 0 Å². The van der Waals surface area contributed by atoms with Gasteiger partial charge in [-0.15, -0.1) is 0 Å². The van der Waals surface area contributed by atoms with Gasteiger partial charge in [-0.25, -0.2) is 0 Å². The van der Waals surface area contributed by atoms with Crippen molar-refractivity contribution in [3.05, 3.63) is 29.8 Å². The minimum atomic E-state index is 0.0723. The van der Waals surface area contributed by atoms with Crippen molar-refractivity contribution in [2.75, 3.05) is 27.3 Å². The van der Waals surface area contributed by atoms with Crippen LogP contribution in [-0.2, 0) is 11.3 Å². The zero-order valence-corrected chi connectivity index (χ0v) is 14.4. The monoisotopic (exact) mass is 320 g/mol. The average molecular weight is 320 g/mol. The summed E-state index contributed by atoms with van der Waals surface area (Å²) in [4.78, 5) is 16.5. The first-order valence-electron chi connectivity index (χ1n) is 8.29. The highest BCUT2D eigenvalue weighted by Crippen LogP contribution is 2.23. The van der Waals surface area contributed by atoms with E-state index in [0.717, 1.165) is 30.6 Å². The van der Waals surface area contributed by atoms with E-state index >= 15 is 0 Å². The molecule has 2 rings (SSSR count). The van der Waals surface area contributed by atoms with Gasteiger partial charge in [0, 0.05) is 31.2 Å². The number of para-hydroxylation sites is 1. The van der Waals surface area contributed by atoms with Crippen molar-refractivity contribution in [2.45, 2.75) is 44.8 Å². The van der Waals surface area contributed by atoms with Crippen molar-refractivity contribution < 1.29 is 14.6 Å². The minimum absolute atomic E-state index is 0.0723. The van der Waals surface area contributed by atoms with E-state index in [1.165, 1.54) is 0 Å². The third-order valence-corrected chi connectivity index (χ3v) is 4.75. The quantitative estimate of drug-likeness (QED) is 0.870. The largest absolute Gasteiger partial charge is 0.496 e. The highest BCUT2D eigenvalue weighted by molar-refractivity contribution is 5.78. The zero-order chi connectivity index (χ0) is 16.8. The Hall–Kier alpha value is -1.59. The van der Waals surface area contributed by atoms with Crippen LogP contribution in [0.4, 0.5) is 0 Å². The number of benzene rings is 1. The van der Waals surface area contributed by atoms with Gasteiger partial charge in [0.15, 0.2) is 0 Å². The van der Waals surface area contributed by atoms with Crippen LogP contribution in [0.3, 0.4) is 0 Å². The lowest BCUT2D eigenvalue weighted by atomic mass is 9.97. The van der Waals surface area contributed by atoms with E-state index in [4.69, 9.17) is 4.74 Å². The number of hydrogen-bond acceptors (Lipinski definition) is 4. The molecule has 1 heterocycles. The van der Waals surface area contributed by atoms with Gasteiger partial charge < -0.3 is 14.7 Å². The summed E-state index contributed by atoms with van der Waals surface area (Å²) < 4.78 is 5.35. The Kier molecular flexibility index (Phi) is 6.42. The first-order chi connectivity index (χ1) is 11.1. The number of piperidine rings is 1. The van der Waals surface area contributed by atoms with E-state index in [9.17, 15) is 9.90 Å². The number of likely N-dealkylation sites (tertiary alicyclic amines) is 1. The predicted molar refractivity (Wildman–Crippen MR) is 90.4 cm³/mol. The number of ether oxygens (including phenoxy) is 1. The van der Waals surface area contributed by atoms with Gasteiger partial charge >= 0.3 is 0 Å². The molecular weight excluding hydrogens is 292 g/mol. The number of rotatable bonds is 6. The van der Waals surface area contributed by atoms with Crippen LogP contribution in [0.2, 0.25) is 0 Å². The van der Waals surface area contributed by atoms with E-state index in [1.54, 1.807) is 12.0 Å². The summed E-state index contributed by atoms with van der Waals surface area (Å²) in [6.07, 6.45) is 3.17. The molecule has 0 aliphatic carbocycles. The van der Waals surface area contributed by atoms with Crippen LogP contribution in [0.15, 0.2) is 24.3 Å². The van der Waals surface area contributed by atoms with Crippen molar-refractivity contribution in [1.29, 1.82) is 0 Å². The lowest BCUT2D eigenvalue weighted by Crippen LogP contribution is -2.51. The Balaban J connectivity index is 1.99. The average Bonchev–Trinajstić information content (AvgIpc) is 2.57. The third-order valence-electron chi connectivity index (χ3n) is 4.75. The van der Waals surface area contributed by atoms with Crippen LogP contribution in [0.1, 0.15) is 31.7 Å². The van der Waals surface area contributed by atoms with Gasteiger partial charge in [-0.1, -0.05) is 24.6 Å². The van der Waals surface area contributed by atoms with Crippen LogP contribution >= 0.6 is 0 Å². The molecule has 2 atom stereocenters. The SMILES string of the molecule is COc1ccccc1CN(C)C(=O)CN1C(C)CCCC1CO. The van der Waals surface area contributed by atoms with Crippen LogP contribution in [-0.4, -0.2) is 60.2 Å². The van der Waals surface area contributed by atoms with Gasteiger partial charge in [-0.3, -0.25) is 9.69 Å². The molecule has 1 amide bonds. The van der Waals surface area contributed by atoms with Gasteiger partial charge in [0.05, 0.1) is 20.3 Å². The molecule has 5 heteroatoms. The first kappa shape index (κ1) is 17.8. The summed E-state index contributed by atoms with van der Waals surface area (Å²) in [5.41, 5.74) is 0.997. The molecule has 0 radical (unpaired) electrons. The molecule has 0 aromatic heterocycles. The van der Waals surface area contributed by atoms with Crippen molar-refractivity contribution >= 4 is 5.91 Å². The van der Waals surface area contributed by atoms with E-state index in [0.29, 0.717) is 19.1 Å². The molecule has 1 N–H and O–H groups in total. The fourth-order valence-corrected chi connectivity index (χ4v) is 3.28. The van der Waals surface area contributed by atoms with Crippen molar-refractivity contribution in [3.8, 4) is 5.75 Å². The maximum Gasteiger partial charge on any atom is 0.236 e. The van der Waals surface area contributed by atoms with E-state index in [2.05, 4.69) is 11.8 Å². The summed E-state index contributed by atoms with van der Waals surface area (Å²) in [6, 6.07) is 8.19. The van der Waals surface area contributed by atoms with Gasteiger partial charge in [0.2, 0.25) is 5.91 Å². The van der Waals surface area contributed by atoms with E-state index in [1.807, 2.05) is 31.3 Å². The zero-order valence-electron chi connectivity index (χ0n) is 14.4. The van der Waals surface area contributed by atoms with Gasteiger partial charge in [-0.05, 0) is 25.8 Å². The number of carbonyl (C=O) groups excluding carboxylic acids is 1. The molecule has 1 aliphatic rings. The first-order valence-corrected chi connectivity index (χ1v) is 8.29. The molecule has 23 heavy (non-hydrogen) atoms. The molecular formula is C18H28N2O3. The van der Waals surface area contributed by atoms with Crippen LogP contribution in [0, 0.1) is 0 Å². The van der Waals surface area contributed by atoms with Crippen LogP contribution < -0.4 is 4.74 Å². The smallest absolute Gasteiger partial charge is 0.236 e. The molecule has 2 unspecified atom stereocenters. The molecule has 1 fully saturated rings. The summed E-state index contributed by atoms with van der Waals surface area (Å²) in [5.74, 6) is 0.870. The van der Waals surface area contributed by atoms with Crippen molar-refractivity contribution in [2.24, 2.45) is 0 Å². The normalized spacial score (nSPS) is 21.9. The third kappa shape index (κ3) is 4.45. The predicted octanol–water partition coefficient (Wildman–Crippen LogP) is 1.89. The van der Waals surface area contributed by atoms with Gasteiger partial charge in [0.25, 0.3) is 0 Å². The number of nitrogens with zero attached hydrogens (tertiary/aromatic N) is 2. The second-order valence-corrected chi connectivity index (χ2v) is 6.35. The second-order valence-electron chi connectivity index (χ2n) is 6.35. The minimum Gasteiger partial charge on any atom is -0.496 e. The topological polar surface area (TPSA) is 53.0 Å². The Morgan fingerprint density at radius 1 is 1.39 bits per heavy atom. The number of carbonyl (C=O) groups is 1. The van der Waals surface area contributed by atoms with Gasteiger partial charge in [0.1, 0.15) is 5.75 Å². The maximum absolute atomic E-state index is 12.6. The van der Waals surface area contributed by atoms with E-state index in [-0.39, 0.29) is 18.6 Å². The summed E-state index contributed by atoms with van der Waals surface area (Å²) >= 11 is 0. The van der Waals surface area contributed by atoms with E-state index < -0.39 is 0 Å². The molecule has 0 bridgehead atoms. The van der Waals surface area contributed by atoms with Crippen LogP contribution in [0.25, 0.3) is 0 Å². The Morgan fingerprint density at radius 2 is 2.13 bits per heavy atom. The second kappa shape index (κ2) is 8.31. The Labute approximate surface area is 138 Å². The Morgan fingerprint density at radius 3 is 2.83 bits per heavy atom. The van der Waals surface area contributed by atoms with Crippen molar-refractivity contribution in [1.82, 2.24) is 9.80 Å². The lowest BCUT2D eigenvalue weighted by Gasteiger charge is -2.40. The summed E-state index contributed by atoms with van der Waals surface area (Å²) in [7, 11) is 3.46. The lowest BCUT2D eigenvalue weighted by molar-refractivity contribution is -0.133. The summed E-state index contributed by atoms with van der Waals surface area (Å²) in [6.45, 7) is 3.13. The fourth-order valence-electron chi connectivity index (χ4n) is 3.28. The van der Waals surface area contributed by atoms with Crippen molar-refractivity contribution in [3.63, 3.8) is 0 Å². The molecule has 0 spiro atoms. The molecule has 5 nitrogen and oxygen atoms in total. The molecule has 1 saturated heterocycles. The van der Waals surface area contributed by atoms with Crippen LogP contribution in [0.5, 0.6) is 5.75 Å². The highest BCUT2D eigenvalue weighted by atomic mass is 16.5. The number of likely N-dealkylation sites (N-methyl/N-ethyl adjacent to an activating group) is 1. The molecule has 1 aromatic carbocycles. The molecule has 0 saturated carbocycles. The molecule has 1 aliphatic heterocycles. The number of amides is 1. The number of aliphatic hydroxyl groups is 1. The highest BCUT2D eigenvalue weighted by Gasteiger charge is 2.29. The summed E-state index contributed by atoms with van der Waals surface area (Å²) in [5, 5.41) is 9.55. The molecule has 128 valence electrons. The number of hydrogen-bond donors (Lipinski definition) is 1.